The van der Waals surface area contributed by atoms with Gasteiger partial charge >= 0.3 is 0 Å². The third kappa shape index (κ3) is 7.16. The van der Waals surface area contributed by atoms with Crippen LogP contribution in [0.15, 0.2) is 115 Å². The first-order valence-corrected chi connectivity index (χ1v) is 15.7. The summed E-state index contributed by atoms with van der Waals surface area (Å²) < 4.78 is 0. The van der Waals surface area contributed by atoms with Crippen molar-refractivity contribution in [3.63, 3.8) is 0 Å². The lowest BCUT2D eigenvalue weighted by Gasteiger charge is -2.40. The number of nitrogens with zero attached hydrogens (tertiary/aromatic N) is 2. The largest absolute Gasteiger partial charge is 0.371 e. The number of benzene rings is 4. The van der Waals surface area contributed by atoms with Gasteiger partial charge in [0.25, 0.3) is 11.8 Å². The number of carbonyl (C=O) groups excluding carboxylic acids is 2. The Labute approximate surface area is 255 Å². The fourth-order valence-corrected chi connectivity index (χ4v) is 6.79. The summed E-state index contributed by atoms with van der Waals surface area (Å²) in [4.78, 5) is 31.8. The van der Waals surface area contributed by atoms with Crippen molar-refractivity contribution < 1.29 is 9.59 Å². The average Bonchev–Trinajstić information content (AvgIpc) is 3.06. The van der Waals surface area contributed by atoms with Gasteiger partial charge in [0.05, 0.1) is 5.56 Å². The summed E-state index contributed by atoms with van der Waals surface area (Å²) in [6.45, 7) is 2.48. The van der Waals surface area contributed by atoms with Crippen LogP contribution < -0.4 is 10.2 Å². The molecule has 0 bridgehead atoms. The van der Waals surface area contributed by atoms with Crippen molar-refractivity contribution in [2.24, 2.45) is 11.8 Å². The molecule has 5 heteroatoms. The van der Waals surface area contributed by atoms with E-state index in [-0.39, 0.29) is 18.0 Å². The summed E-state index contributed by atoms with van der Waals surface area (Å²) in [7, 11) is 0. The number of piperidine rings is 2. The minimum atomic E-state index is -0.368. The van der Waals surface area contributed by atoms with Crippen LogP contribution in [0.1, 0.15) is 57.5 Å². The van der Waals surface area contributed by atoms with Gasteiger partial charge in [0, 0.05) is 30.9 Å². The second-order valence-electron chi connectivity index (χ2n) is 12.1. The van der Waals surface area contributed by atoms with Crippen molar-refractivity contribution >= 4 is 17.5 Å². The molecule has 2 unspecified atom stereocenters. The molecule has 2 aliphatic rings. The Morgan fingerprint density at radius 3 is 1.81 bits per heavy atom. The number of anilines is 1. The van der Waals surface area contributed by atoms with Gasteiger partial charge in [-0.1, -0.05) is 91.0 Å². The van der Waals surface area contributed by atoms with E-state index < -0.39 is 0 Å². The molecule has 4 aromatic carbocycles. The van der Waals surface area contributed by atoms with E-state index in [1.807, 2.05) is 59.5 Å². The third-order valence-electron chi connectivity index (χ3n) is 9.13. The lowest BCUT2D eigenvalue weighted by Crippen LogP contribution is -2.55. The van der Waals surface area contributed by atoms with E-state index in [2.05, 4.69) is 70.9 Å². The minimum Gasteiger partial charge on any atom is -0.371 e. The Morgan fingerprint density at radius 2 is 1.16 bits per heavy atom. The number of nitrogens with one attached hydrogen (secondary N) is 1. The molecular formula is C38H41N3O2. The molecule has 43 heavy (non-hydrogen) atoms. The van der Waals surface area contributed by atoms with Crippen LogP contribution in [-0.4, -0.2) is 42.5 Å². The number of para-hydroxylation sites is 1. The molecule has 2 fully saturated rings. The molecule has 0 aliphatic carbocycles. The second kappa shape index (κ2) is 13.7. The summed E-state index contributed by atoms with van der Waals surface area (Å²) in [5, 5.41) is 3.31. The van der Waals surface area contributed by atoms with Crippen molar-refractivity contribution in [2.45, 2.75) is 44.7 Å². The molecule has 2 heterocycles. The number of hydrogen-bond donors (Lipinski definition) is 1. The number of carbonyl (C=O) groups is 2. The van der Waals surface area contributed by atoms with Crippen LogP contribution in [0.3, 0.4) is 0 Å². The van der Waals surface area contributed by atoms with Gasteiger partial charge in [0.15, 0.2) is 0 Å². The minimum absolute atomic E-state index is 0.0298. The Morgan fingerprint density at radius 1 is 0.628 bits per heavy atom. The highest BCUT2D eigenvalue weighted by Crippen LogP contribution is 2.30. The molecule has 2 aliphatic heterocycles. The number of rotatable bonds is 8. The Balaban J connectivity index is 1.16. The smallest absolute Gasteiger partial charge is 0.255 e. The van der Waals surface area contributed by atoms with Gasteiger partial charge < -0.3 is 15.1 Å². The lowest BCUT2D eigenvalue weighted by atomic mass is 9.88. The molecular weight excluding hydrogens is 530 g/mol. The van der Waals surface area contributed by atoms with Gasteiger partial charge in [0.2, 0.25) is 0 Å². The Bertz CT molecular complexity index is 1480. The maximum absolute atomic E-state index is 14.0. The van der Waals surface area contributed by atoms with Crippen molar-refractivity contribution in [3.8, 4) is 0 Å². The summed E-state index contributed by atoms with van der Waals surface area (Å²) in [5.74, 6) is 0.892. The zero-order valence-corrected chi connectivity index (χ0v) is 24.8. The van der Waals surface area contributed by atoms with Gasteiger partial charge in [-0.2, -0.15) is 0 Å². The predicted molar refractivity (Wildman–Crippen MR) is 173 cm³/mol. The highest BCUT2D eigenvalue weighted by Gasteiger charge is 2.34. The van der Waals surface area contributed by atoms with E-state index in [0.29, 0.717) is 29.5 Å². The summed E-state index contributed by atoms with van der Waals surface area (Å²) in [6, 6.07) is 38.6. The van der Waals surface area contributed by atoms with Gasteiger partial charge in [-0.05, 0) is 85.8 Å². The van der Waals surface area contributed by atoms with E-state index >= 15 is 0 Å². The van der Waals surface area contributed by atoms with Gasteiger partial charge in [-0.3, -0.25) is 9.59 Å². The summed E-state index contributed by atoms with van der Waals surface area (Å²) >= 11 is 0. The van der Waals surface area contributed by atoms with Gasteiger partial charge in [-0.25, -0.2) is 0 Å². The fraction of sp³-hybridized carbons (Fsp3) is 0.316. The SMILES string of the molecule is O=C(NC1CC(Cc2ccccc2)CCN1C(=O)c1ccccc1)c1ccccc1N1CCC(Cc2ccccc2)CC1. The maximum Gasteiger partial charge on any atom is 0.255 e. The first-order valence-electron chi connectivity index (χ1n) is 15.7. The molecule has 0 aromatic heterocycles. The van der Waals surface area contributed by atoms with E-state index in [1.54, 1.807) is 0 Å². The zero-order valence-electron chi connectivity index (χ0n) is 24.8. The molecule has 1 N–H and O–H groups in total. The lowest BCUT2D eigenvalue weighted by molar-refractivity contribution is 0.0465. The quantitative estimate of drug-likeness (QED) is 0.248. The Hall–Kier alpha value is -4.38. The van der Waals surface area contributed by atoms with E-state index in [9.17, 15) is 9.59 Å². The van der Waals surface area contributed by atoms with Crippen molar-refractivity contribution in [1.82, 2.24) is 10.2 Å². The van der Waals surface area contributed by atoms with Crippen LogP contribution >= 0.6 is 0 Å². The number of amides is 2. The van der Waals surface area contributed by atoms with Crippen LogP contribution in [0.4, 0.5) is 5.69 Å². The zero-order chi connectivity index (χ0) is 29.4. The highest BCUT2D eigenvalue weighted by atomic mass is 16.2. The molecule has 0 spiro atoms. The third-order valence-corrected chi connectivity index (χ3v) is 9.13. The number of hydrogen-bond acceptors (Lipinski definition) is 3. The standard InChI is InChI=1S/C38H41N3O2/c42-37(34-18-10-11-19-35(34)40-23-20-31(21-24-40)26-29-12-4-1-5-13-29)39-36-28-32(27-30-14-6-2-7-15-30)22-25-41(36)38(43)33-16-8-3-9-17-33/h1-19,31-32,36H,20-28H2,(H,39,42). The highest BCUT2D eigenvalue weighted by molar-refractivity contribution is 6.00. The van der Waals surface area contributed by atoms with Crippen molar-refractivity contribution in [1.29, 1.82) is 0 Å². The monoisotopic (exact) mass is 571 g/mol. The van der Waals surface area contributed by atoms with Crippen LogP contribution in [0.2, 0.25) is 0 Å². The average molecular weight is 572 g/mol. The molecule has 2 atom stereocenters. The molecule has 5 nitrogen and oxygen atoms in total. The van der Waals surface area contributed by atoms with Crippen LogP contribution in [-0.2, 0) is 12.8 Å². The summed E-state index contributed by atoms with van der Waals surface area (Å²) in [5.41, 5.74) is 5.01. The molecule has 2 saturated heterocycles. The van der Waals surface area contributed by atoms with E-state index in [1.165, 1.54) is 11.1 Å². The van der Waals surface area contributed by atoms with Crippen LogP contribution in [0, 0.1) is 11.8 Å². The van der Waals surface area contributed by atoms with Crippen LogP contribution in [0.25, 0.3) is 0 Å². The van der Waals surface area contributed by atoms with Gasteiger partial charge in [0.1, 0.15) is 6.17 Å². The fourth-order valence-electron chi connectivity index (χ4n) is 6.79. The maximum atomic E-state index is 14.0. The molecule has 0 saturated carbocycles. The van der Waals surface area contributed by atoms with Crippen molar-refractivity contribution in [2.75, 3.05) is 24.5 Å². The Kier molecular flexibility index (Phi) is 9.17. The molecule has 4 aromatic rings. The second-order valence-corrected chi connectivity index (χ2v) is 12.1. The topological polar surface area (TPSA) is 52.7 Å². The molecule has 6 rings (SSSR count). The molecule has 220 valence electrons. The predicted octanol–water partition coefficient (Wildman–Crippen LogP) is 7.00. The van der Waals surface area contributed by atoms with Gasteiger partial charge in [-0.15, -0.1) is 0 Å². The molecule has 0 radical (unpaired) electrons. The van der Waals surface area contributed by atoms with E-state index in [0.717, 1.165) is 57.3 Å². The molecule has 2 amide bonds. The normalized spacial score (nSPS) is 19.2. The van der Waals surface area contributed by atoms with Crippen LogP contribution in [0.5, 0.6) is 0 Å². The number of likely N-dealkylation sites (tertiary alicyclic amines) is 1. The first-order chi connectivity index (χ1) is 21.1. The summed E-state index contributed by atoms with van der Waals surface area (Å²) in [6.07, 6.45) is 5.53. The first kappa shape index (κ1) is 28.7. The van der Waals surface area contributed by atoms with E-state index in [4.69, 9.17) is 0 Å². The van der Waals surface area contributed by atoms with Crippen molar-refractivity contribution in [3.05, 3.63) is 138 Å².